The van der Waals surface area contributed by atoms with Gasteiger partial charge in [-0.15, -0.1) is 0 Å². The molecule has 1 aliphatic rings. The third kappa shape index (κ3) is 2.05. The molecule has 1 aromatic carbocycles. The molecule has 1 heterocycles. The highest BCUT2D eigenvalue weighted by Gasteiger charge is 2.37. The summed E-state index contributed by atoms with van der Waals surface area (Å²) < 4.78 is 25.8. The first-order valence-corrected chi connectivity index (χ1v) is 7.26. The molecule has 1 saturated heterocycles. The molecule has 0 saturated carbocycles. The van der Waals surface area contributed by atoms with Crippen molar-refractivity contribution in [3.8, 4) is 0 Å². The highest BCUT2D eigenvalue weighted by atomic mass is 32.2. The van der Waals surface area contributed by atoms with Crippen LogP contribution in [0.5, 0.6) is 0 Å². The lowest BCUT2D eigenvalue weighted by molar-refractivity contribution is 0.588. The molecule has 2 N–H and O–H groups in total. The highest BCUT2D eigenvalue weighted by Crippen LogP contribution is 2.29. The van der Waals surface area contributed by atoms with Crippen molar-refractivity contribution in [3.05, 3.63) is 29.3 Å². The van der Waals surface area contributed by atoms with Crippen LogP contribution in [0.1, 0.15) is 17.5 Å². The predicted octanol–water partition coefficient (Wildman–Crippen LogP) is 1.17. The Kier molecular flexibility index (Phi) is 3.14. The first kappa shape index (κ1) is 12.4. The van der Waals surface area contributed by atoms with Crippen LogP contribution in [0.4, 0.5) is 5.69 Å². The second-order valence-corrected chi connectivity index (χ2v) is 6.67. The van der Waals surface area contributed by atoms with Gasteiger partial charge >= 0.3 is 0 Å². The van der Waals surface area contributed by atoms with Crippen LogP contribution in [-0.4, -0.2) is 26.8 Å². The molecule has 1 aliphatic heterocycles. The standard InChI is InChI=1S/C12H18N2O2S/c1-9-3-4-11(7-10(9)2)14-6-5-12(8-13)17(14,15)16/h3-4,7,12H,5-6,8,13H2,1-2H3/t12-/m0/s1. The summed E-state index contributed by atoms with van der Waals surface area (Å²) in [6, 6.07) is 5.74. The zero-order valence-electron chi connectivity index (χ0n) is 10.2. The van der Waals surface area contributed by atoms with Crippen molar-refractivity contribution in [2.75, 3.05) is 17.4 Å². The van der Waals surface area contributed by atoms with Gasteiger partial charge in [-0.25, -0.2) is 8.42 Å². The average molecular weight is 254 g/mol. The zero-order chi connectivity index (χ0) is 12.6. The maximum absolute atomic E-state index is 12.2. The van der Waals surface area contributed by atoms with Crippen LogP contribution >= 0.6 is 0 Å². The Hall–Kier alpha value is -1.07. The monoisotopic (exact) mass is 254 g/mol. The van der Waals surface area contributed by atoms with Crippen LogP contribution in [-0.2, 0) is 10.0 Å². The van der Waals surface area contributed by atoms with E-state index in [1.54, 1.807) is 0 Å². The van der Waals surface area contributed by atoms with E-state index in [1.165, 1.54) is 9.87 Å². The summed E-state index contributed by atoms with van der Waals surface area (Å²) in [7, 11) is -3.25. The van der Waals surface area contributed by atoms with Gasteiger partial charge in [0.15, 0.2) is 0 Å². The van der Waals surface area contributed by atoms with E-state index < -0.39 is 15.3 Å². The highest BCUT2D eigenvalue weighted by molar-refractivity contribution is 7.93. The molecule has 0 aliphatic carbocycles. The molecular formula is C12H18N2O2S. The van der Waals surface area contributed by atoms with Gasteiger partial charge in [0.1, 0.15) is 0 Å². The number of benzene rings is 1. The van der Waals surface area contributed by atoms with E-state index in [4.69, 9.17) is 5.73 Å². The second-order valence-electron chi connectivity index (χ2n) is 4.53. The van der Waals surface area contributed by atoms with Crippen LogP contribution in [0.25, 0.3) is 0 Å². The lowest BCUT2D eigenvalue weighted by atomic mass is 10.1. The molecular weight excluding hydrogens is 236 g/mol. The van der Waals surface area contributed by atoms with Gasteiger partial charge in [0.25, 0.3) is 0 Å². The topological polar surface area (TPSA) is 63.4 Å². The molecule has 1 aromatic rings. The molecule has 0 bridgehead atoms. The summed E-state index contributed by atoms with van der Waals surface area (Å²) in [4.78, 5) is 0. The molecule has 94 valence electrons. The zero-order valence-corrected chi connectivity index (χ0v) is 11.0. The van der Waals surface area contributed by atoms with Gasteiger partial charge in [0.05, 0.1) is 10.9 Å². The van der Waals surface area contributed by atoms with Gasteiger partial charge in [-0.1, -0.05) is 6.07 Å². The first-order valence-electron chi connectivity index (χ1n) is 5.75. The Balaban J connectivity index is 2.39. The fourth-order valence-electron chi connectivity index (χ4n) is 2.11. The molecule has 0 spiro atoms. The minimum atomic E-state index is -3.25. The van der Waals surface area contributed by atoms with Crippen LogP contribution < -0.4 is 10.0 Å². The van der Waals surface area contributed by atoms with E-state index in [2.05, 4.69) is 0 Å². The smallest absolute Gasteiger partial charge is 0.239 e. The third-order valence-corrected chi connectivity index (χ3v) is 5.70. The van der Waals surface area contributed by atoms with Crippen LogP contribution in [0, 0.1) is 13.8 Å². The summed E-state index contributed by atoms with van der Waals surface area (Å²) >= 11 is 0. The van der Waals surface area contributed by atoms with Gasteiger partial charge in [0, 0.05) is 13.1 Å². The molecule has 17 heavy (non-hydrogen) atoms. The second kappa shape index (κ2) is 4.31. The van der Waals surface area contributed by atoms with Crippen molar-refractivity contribution in [1.82, 2.24) is 0 Å². The third-order valence-electron chi connectivity index (χ3n) is 3.42. The van der Waals surface area contributed by atoms with E-state index >= 15 is 0 Å². The number of hydrogen-bond acceptors (Lipinski definition) is 3. The Bertz CT molecular complexity index is 525. The molecule has 0 unspecified atom stereocenters. The number of anilines is 1. The van der Waals surface area contributed by atoms with Gasteiger partial charge in [-0.05, 0) is 43.5 Å². The summed E-state index contributed by atoms with van der Waals surface area (Å²) in [5, 5.41) is -0.427. The number of nitrogens with zero attached hydrogens (tertiary/aromatic N) is 1. The Morgan fingerprint density at radius 3 is 2.59 bits per heavy atom. The van der Waals surface area contributed by atoms with Crippen LogP contribution in [0.3, 0.4) is 0 Å². The predicted molar refractivity (Wildman–Crippen MR) is 69.6 cm³/mol. The van der Waals surface area contributed by atoms with Crippen LogP contribution in [0.15, 0.2) is 18.2 Å². The quantitative estimate of drug-likeness (QED) is 0.861. The Morgan fingerprint density at radius 2 is 2.06 bits per heavy atom. The van der Waals surface area contributed by atoms with E-state index in [0.717, 1.165) is 11.3 Å². The van der Waals surface area contributed by atoms with E-state index in [1.807, 2.05) is 32.0 Å². The number of rotatable bonds is 2. The van der Waals surface area contributed by atoms with E-state index in [9.17, 15) is 8.42 Å². The number of nitrogens with two attached hydrogens (primary N) is 1. The van der Waals surface area contributed by atoms with Crippen molar-refractivity contribution in [2.24, 2.45) is 5.73 Å². The SMILES string of the molecule is Cc1ccc(N2CC[C@@H](CN)S2(=O)=O)cc1C. The maximum Gasteiger partial charge on any atom is 0.239 e. The fourth-order valence-corrected chi connectivity index (χ4v) is 3.89. The molecule has 0 aromatic heterocycles. The van der Waals surface area contributed by atoms with Crippen molar-refractivity contribution in [3.63, 3.8) is 0 Å². The summed E-state index contributed by atoms with van der Waals surface area (Å²) in [5.74, 6) is 0. The van der Waals surface area contributed by atoms with Crippen molar-refractivity contribution in [1.29, 1.82) is 0 Å². The van der Waals surface area contributed by atoms with Gasteiger partial charge in [-0.3, -0.25) is 4.31 Å². The average Bonchev–Trinajstić information content (AvgIpc) is 2.57. The molecule has 0 radical (unpaired) electrons. The summed E-state index contributed by atoms with van der Waals surface area (Å²) in [6.45, 7) is 4.73. The Labute approximate surface area is 102 Å². The van der Waals surface area contributed by atoms with Gasteiger partial charge in [0.2, 0.25) is 10.0 Å². The summed E-state index contributed by atoms with van der Waals surface area (Å²) in [6.07, 6.45) is 0.617. The minimum absolute atomic E-state index is 0.198. The summed E-state index contributed by atoms with van der Waals surface area (Å²) in [5.41, 5.74) is 8.52. The number of aryl methyl sites for hydroxylation is 2. The van der Waals surface area contributed by atoms with E-state index in [0.29, 0.717) is 13.0 Å². The number of sulfonamides is 1. The van der Waals surface area contributed by atoms with Gasteiger partial charge < -0.3 is 5.73 Å². The molecule has 5 heteroatoms. The normalized spacial score (nSPS) is 23.0. The van der Waals surface area contributed by atoms with Crippen molar-refractivity contribution < 1.29 is 8.42 Å². The molecule has 0 amide bonds. The minimum Gasteiger partial charge on any atom is -0.329 e. The lowest BCUT2D eigenvalue weighted by Crippen LogP contribution is -2.33. The van der Waals surface area contributed by atoms with Gasteiger partial charge in [-0.2, -0.15) is 0 Å². The van der Waals surface area contributed by atoms with E-state index in [-0.39, 0.29) is 6.54 Å². The lowest BCUT2D eigenvalue weighted by Gasteiger charge is -2.19. The number of hydrogen-bond donors (Lipinski definition) is 1. The molecule has 2 rings (SSSR count). The largest absolute Gasteiger partial charge is 0.329 e. The van der Waals surface area contributed by atoms with Crippen molar-refractivity contribution in [2.45, 2.75) is 25.5 Å². The molecule has 1 atom stereocenters. The Morgan fingerprint density at radius 1 is 1.35 bits per heavy atom. The van der Waals surface area contributed by atoms with Crippen molar-refractivity contribution >= 4 is 15.7 Å². The molecule has 4 nitrogen and oxygen atoms in total. The van der Waals surface area contributed by atoms with Crippen LogP contribution in [0.2, 0.25) is 0 Å². The first-order chi connectivity index (χ1) is 7.96. The fraction of sp³-hybridized carbons (Fsp3) is 0.500. The maximum atomic E-state index is 12.2. The molecule has 1 fully saturated rings.